The lowest BCUT2D eigenvalue weighted by Crippen LogP contribution is -2.33. The minimum absolute atomic E-state index is 0.0279. The molecular formula is C14H21ClN2O3S. The third-order valence-electron chi connectivity index (χ3n) is 3.47. The SMILES string of the molecule is CCC(C)(C)CNC(=O)c1cc(C)c(Cl)c(S(N)(=O)=O)c1. The Morgan fingerprint density at radius 1 is 1.38 bits per heavy atom. The number of carbonyl (C=O) groups excluding carboxylic acids is 1. The van der Waals surface area contributed by atoms with Crippen LogP contribution in [0.15, 0.2) is 17.0 Å². The third kappa shape index (κ3) is 4.69. The zero-order valence-electron chi connectivity index (χ0n) is 12.7. The van der Waals surface area contributed by atoms with E-state index in [1.807, 2.05) is 20.8 Å². The van der Waals surface area contributed by atoms with Gasteiger partial charge in [-0.25, -0.2) is 13.6 Å². The molecule has 0 atom stereocenters. The largest absolute Gasteiger partial charge is 0.352 e. The summed E-state index contributed by atoms with van der Waals surface area (Å²) in [7, 11) is -3.97. The molecule has 0 heterocycles. The molecular weight excluding hydrogens is 312 g/mol. The monoisotopic (exact) mass is 332 g/mol. The van der Waals surface area contributed by atoms with E-state index in [0.29, 0.717) is 12.1 Å². The average Bonchev–Trinajstić information content (AvgIpc) is 2.37. The van der Waals surface area contributed by atoms with E-state index in [2.05, 4.69) is 5.32 Å². The van der Waals surface area contributed by atoms with Crippen molar-refractivity contribution < 1.29 is 13.2 Å². The Kier molecular flexibility index (Phi) is 5.41. The first kappa shape index (κ1) is 17.9. The van der Waals surface area contributed by atoms with Crippen molar-refractivity contribution >= 4 is 27.5 Å². The number of primary sulfonamides is 1. The van der Waals surface area contributed by atoms with Gasteiger partial charge in [0.2, 0.25) is 10.0 Å². The first-order valence-corrected chi connectivity index (χ1v) is 8.51. The number of nitrogens with two attached hydrogens (primary N) is 1. The van der Waals surface area contributed by atoms with Crippen LogP contribution in [0, 0.1) is 12.3 Å². The van der Waals surface area contributed by atoms with Gasteiger partial charge in [0.05, 0.1) is 5.02 Å². The zero-order chi connectivity index (χ0) is 16.4. The molecule has 0 aliphatic carbocycles. The van der Waals surface area contributed by atoms with Crippen LogP contribution in [0.3, 0.4) is 0 Å². The molecule has 3 N–H and O–H groups in total. The van der Waals surface area contributed by atoms with E-state index in [1.165, 1.54) is 6.07 Å². The quantitative estimate of drug-likeness (QED) is 0.867. The summed E-state index contributed by atoms with van der Waals surface area (Å²) >= 11 is 5.94. The zero-order valence-corrected chi connectivity index (χ0v) is 14.2. The lowest BCUT2D eigenvalue weighted by atomic mass is 9.90. The van der Waals surface area contributed by atoms with Crippen LogP contribution in [-0.4, -0.2) is 20.9 Å². The molecule has 118 valence electrons. The lowest BCUT2D eigenvalue weighted by Gasteiger charge is -2.23. The molecule has 0 radical (unpaired) electrons. The molecule has 1 amide bonds. The van der Waals surface area contributed by atoms with Crippen LogP contribution in [0.5, 0.6) is 0 Å². The second kappa shape index (κ2) is 6.34. The fraction of sp³-hybridized carbons (Fsp3) is 0.500. The smallest absolute Gasteiger partial charge is 0.251 e. The Labute approximate surface area is 130 Å². The van der Waals surface area contributed by atoms with Gasteiger partial charge in [0, 0.05) is 12.1 Å². The Hall–Kier alpha value is -1.11. The molecule has 1 aromatic carbocycles. The second-order valence-electron chi connectivity index (χ2n) is 5.85. The van der Waals surface area contributed by atoms with E-state index in [4.69, 9.17) is 16.7 Å². The molecule has 0 aromatic heterocycles. The highest BCUT2D eigenvalue weighted by atomic mass is 35.5. The number of aryl methyl sites for hydroxylation is 1. The highest BCUT2D eigenvalue weighted by molar-refractivity contribution is 7.89. The molecule has 0 aliphatic heterocycles. The van der Waals surface area contributed by atoms with Gasteiger partial charge in [-0.05, 0) is 36.5 Å². The highest BCUT2D eigenvalue weighted by Gasteiger charge is 2.20. The van der Waals surface area contributed by atoms with Crippen LogP contribution in [0.1, 0.15) is 43.1 Å². The maximum atomic E-state index is 12.2. The summed E-state index contributed by atoms with van der Waals surface area (Å²) in [5.74, 6) is -0.346. The molecule has 5 nitrogen and oxygen atoms in total. The van der Waals surface area contributed by atoms with Gasteiger partial charge < -0.3 is 5.32 Å². The van der Waals surface area contributed by atoms with E-state index in [1.54, 1.807) is 13.0 Å². The standard InChI is InChI=1S/C14H21ClN2O3S/c1-5-14(3,4)8-17-13(18)10-6-9(2)12(15)11(7-10)21(16,19)20/h6-7H,5,8H2,1-4H3,(H,17,18)(H2,16,19,20). The van der Waals surface area contributed by atoms with Gasteiger partial charge in [0.25, 0.3) is 5.91 Å². The van der Waals surface area contributed by atoms with Crippen LogP contribution in [0.25, 0.3) is 0 Å². The Balaban J connectivity index is 3.10. The molecule has 21 heavy (non-hydrogen) atoms. The number of rotatable bonds is 5. The number of carbonyl (C=O) groups is 1. The molecule has 0 saturated carbocycles. The van der Waals surface area contributed by atoms with Crippen molar-refractivity contribution in [2.24, 2.45) is 10.6 Å². The molecule has 1 rings (SSSR count). The summed E-state index contributed by atoms with van der Waals surface area (Å²) in [6, 6.07) is 2.75. The lowest BCUT2D eigenvalue weighted by molar-refractivity contribution is 0.0935. The predicted octanol–water partition coefficient (Wildman–Crippen LogP) is 2.46. The molecule has 7 heteroatoms. The van der Waals surface area contributed by atoms with E-state index >= 15 is 0 Å². The van der Waals surface area contributed by atoms with Crippen LogP contribution in [0.2, 0.25) is 5.02 Å². The molecule has 0 fully saturated rings. The van der Waals surface area contributed by atoms with Crippen molar-refractivity contribution in [3.63, 3.8) is 0 Å². The first-order chi connectivity index (χ1) is 9.48. The molecule has 0 unspecified atom stereocenters. The number of nitrogens with one attached hydrogen (secondary N) is 1. The topological polar surface area (TPSA) is 89.3 Å². The van der Waals surface area contributed by atoms with Gasteiger partial charge in [0.15, 0.2) is 0 Å². The Morgan fingerprint density at radius 2 is 1.95 bits per heavy atom. The minimum Gasteiger partial charge on any atom is -0.352 e. The van der Waals surface area contributed by atoms with Crippen LogP contribution >= 0.6 is 11.6 Å². The summed E-state index contributed by atoms with van der Waals surface area (Å²) in [6.45, 7) is 8.24. The third-order valence-corrected chi connectivity index (χ3v) is 5.02. The van der Waals surface area contributed by atoms with Crippen LogP contribution in [-0.2, 0) is 10.0 Å². The van der Waals surface area contributed by atoms with E-state index in [-0.39, 0.29) is 26.8 Å². The van der Waals surface area contributed by atoms with E-state index in [0.717, 1.165) is 6.42 Å². The van der Waals surface area contributed by atoms with Crippen molar-refractivity contribution in [3.05, 3.63) is 28.3 Å². The summed E-state index contributed by atoms with van der Waals surface area (Å²) in [5, 5.41) is 7.96. The maximum Gasteiger partial charge on any atom is 0.251 e. The number of hydrogen-bond acceptors (Lipinski definition) is 3. The number of amides is 1. The van der Waals surface area contributed by atoms with Gasteiger partial charge in [-0.2, -0.15) is 0 Å². The fourth-order valence-electron chi connectivity index (χ4n) is 1.62. The molecule has 1 aromatic rings. The second-order valence-corrected chi connectivity index (χ2v) is 7.76. The minimum atomic E-state index is -3.97. The number of hydrogen-bond donors (Lipinski definition) is 2. The maximum absolute atomic E-state index is 12.2. The first-order valence-electron chi connectivity index (χ1n) is 6.59. The van der Waals surface area contributed by atoms with Crippen molar-refractivity contribution in [1.82, 2.24) is 5.32 Å². The number of sulfonamides is 1. The highest BCUT2D eigenvalue weighted by Crippen LogP contribution is 2.26. The molecule has 0 bridgehead atoms. The van der Waals surface area contributed by atoms with Crippen molar-refractivity contribution in [1.29, 1.82) is 0 Å². The Bertz CT molecular complexity index is 654. The summed E-state index contributed by atoms with van der Waals surface area (Å²) in [4.78, 5) is 11.9. The Morgan fingerprint density at radius 3 is 2.43 bits per heavy atom. The van der Waals surface area contributed by atoms with Crippen molar-refractivity contribution in [2.45, 2.75) is 39.0 Å². The summed E-state index contributed by atoms with van der Waals surface area (Å²) in [6.07, 6.45) is 0.912. The molecule has 0 aliphatic rings. The van der Waals surface area contributed by atoms with Crippen LogP contribution in [0.4, 0.5) is 0 Å². The fourth-order valence-corrected chi connectivity index (χ4v) is 2.76. The van der Waals surface area contributed by atoms with Gasteiger partial charge >= 0.3 is 0 Å². The van der Waals surface area contributed by atoms with E-state index < -0.39 is 10.0 Å². The number of halogens is 1. The van der Waals surface area contributed by atoms with Gasteiger partial charge in [-0.15, -0.1) is 0 Å². The summed E-state index contributed by atoms with van der Waals surface area (Å²) < 4.78 is 23.0. The summed E-state index contributed by atoms with van der Waals surface area (Å²) in [5.41, 5.74) is 0.691. The van der Waals surface area contributed by atoms with Crippen molar-refractivity contribution in [2.75, 3.05) is 6.54 Å². The average molecular weight is 333 g/mol. The van der Waals surface area contributed by atoms with Gasteiger partial charge in [-0.3, -0.25) is 4.79 Å². The molecule has 0 saturated heterocycles. The van der Waals surface area contributed by atoms with Crippen molar-refractivity contribution in [3.8, 4) is 0 Å². The van der Waals surface area contributed by atoms with Crippen LogP contribution < -0.4 is 10.5 Å². The van der Waals surface area contributed by atoms with Gasteiger partial charge in [-0.1, -0.05) is 32.4 Å². The normalized spacial score (nSPS) is 12.3. The van der Waals surface area contributed by atoms with E-state index in [9.17, 15) is 13.2 Å². The van der Waals surface area contributed by atoms with Gasteiger partial charge in [0.1, 0.15) is 4.90 Å². The molecule has 0 spiro atoms. The number of benzene rings is 1. The predicted molar refractivity (Wildman–Crippen MR) is 84.0 cm³/mol.